The summed E-state index contributed by atoms with van der Waals surface area (Å²) in [5, 5.41) is 0. The molecule has 2 aromatic carbocycles. The summed E-state index contributed by atoms with van der Waals surface area (Å²) in [7, 11) is 1.59. The van der Waals surface area contributed by atoms with Crippen molar-refractivity contribution in [2.24, 2.45) is 0 Å². The lowest BCUT2D eigenvalue weighted by atomic mass is 9.96. The number of nitrogens with zero attached hydrogens (tertiary/aromatic N) is 1. The van der Waals surface area contributed by atoms with E-state index in [1.54, 1.807) is 19.4 Å². The van der Waals surface area contributed by atoms with E-state index in [1.807, 2.05) is 60.7 Å². The molecule has 108 valence electrons. The number of pyridine rings is 1. The molecule has 0 radical (unpaired) electrons. The Kier molecular flexibility index (Phi) is 3.97. The molecule has 0 unspecified atom stereocenters. The molecule has 0 N–H and O–H groups in total. The molecule has 0 bridgehead atoms. The molecule has 0 aliphatic rings. The van der Waals surface area contributed by atoms with Crippen LogP contribution in [0.2, 0.25) is 0 Å². The maximum atomic E-state index is 12.8. The fourth-order valence-electron chi connectivity index (χ4n) is 2.33. The third-order valence-corrected chi connectivity index (χ3v) is 3.45. The summed E-state index contributed by atoms with van der Waals surface area (Å²) in [5.74, 6) is 0.610. The van der Waals surface area contributed by atoms with Crippen molar-refractivity contribution in [3.05, 3.63) is 84.1 Å². The van der Waals surface area contributed by atoms with Gasteiger partial charge in [-0.25, -0.2) is 0 Å². The van der Waals surface area contributed by atoms with E-state index in [0.717, 1.165) is 11.3 Å². The van der Waals surface area contributed by atoms with Gasteiger partial charge in [-0.3, -0.25) is 9.78 Å². The summed E-state index contributed by atoms with van der Waals surface area (Å²) < 4.78 is 5.26. The minimum Gasteiger partial charge on any atom is -0.497 e. The number of ether oxygens (including phenoxy) is 1. The van der Waals surface area contributed by atoms with Crippen molar-refractivity contribution < 1.29 is 9.53 Å². The summed E-state index contributed by atoms with van der Waals surface area (Å²) in [6.45, 7) is 0. The molecule has 0 aliphatic carbocycles. The number of carbonyl (C=O) groups excluding carboxylic acids is 1. The smallest absolute Gasteiger partial charge is 0.193 e. The lowest BCUT2D eigenvalue weighted by molar-refractivity contribution is 0.103. The fraction of sp³-hybridized carbons (Fsp3) is 0.0526. The van der Waals surface area contributed by atoms with Crippen molar-refractivity contribution >= 4 is 5.78 Å². The zero-order valence-corrected chi connectivity index (χ0v) is 12.2. The summed E-state index contributed by atoms with van der Waals surface area (Å²) in [6, 6.07) is 20.3. The summed E-state index contributed by atoms with van der Waals surface area (Å²) in [4.78, 5) is 17.2. The van der Waals surface area contributed by atoms with Crippen molar-refractivity contribution in [3.63, 3.8) is 0 Å². The van der Waals surface area contributed by atoms with Crippen LogP contribution in [0, 0.1) is 0 Å². The molecule has 0 saturated carbocycles. The summed E-state index contributed by atoms with van der Waals surface area (Å²) >= 11 is 0. The van der Waals surface area contributed by atoms with Crippen LogP contribution < -0.4 is 4.74 Å². The number of carbonyl (C=O) groups is 1. The standard InChI is InChI=1S/C19H15NO2/c1-22-15-10-11-16(18-9-5-6-12-20-18)17(13-15)19(21)14-7-3-2-4-8-14/h2-13H,1H3. The average molecular weight is 289 g/mol. The maximum Gasteiger partial charge on any atom is 0.193 e. The Labute approximate surface area is 129 Å². The van der Waals surface area contributed by atoms with Crippen LogP contribution in [0.15, 0.2) is 72.9 Å². The molecule has 0 fully saturated rings. The van der Waals surface area contributed by atoms with E-state index in [0.29, 0.717) is 16.9 Å². The van der Waals surface area contributed by atoms with Crippen molar-refractivity contribution in [1.29, 1.82) is 0 Å². The van der Waals surface area contributed by atoms with Gasteiger partial charge in [0.1, 0.15) is 5.75 Å². The number of aromatic nitrogens is 1. The second-order valence-electron chi connectivity index (χ2n) is 4.82. The molecule has 3 rings (SSSR count). The molecule has 3 heteroatoms. The normalized spacial score (nSPS) is 10.2. The van der Waals surface area contributed by atoms with Gasteiger partial charge in [-0.1, -0.05) is 36.4 Å². The highest BCUT2D eigenvalue weighted by molar-refractivity contribution is 6.12. The minimum atomic E-state index is -0.0415. The van der Waals surface area contributed by atoms with E-state index < -0.39 is 0 Å². The van der Waals surface area contributed by atoms with E-state index in [4.69, 9.17) is 4.74 Å². The van der Waals surface area contributed by atoms with Gasteiger partial charge >= 0.3 is 0 Å². The molecule has 3 nitrogen and oxygen atoms in total. The van der Waals surface area contributed by atoms with Gasteiger partial charge in [-0.15, -0.1) is 0 Å². The second-order valence-corrected chi connectivity index (χ2v) is 4.82. The first-order chi connectivity index (χ1) is 10.8. The number of benzene rings is 2. The van der Waals surface area contributed by atoms with Crippen LogP contribution >= 0.6 is 0 Å². The quantitative estimate of drug-likeness (QED) is 0.682. The monoisotopic (exact) mass is 289 g/mol. The highest BCUT2D eigenvalue weighted by atomic mass is 16.5. The van der Waals surface area contributed by atoms with E-state index in [2.05, 4.69) is 4.98 Å². The first kappa shape index (κ1) is 14.0. The van der Waals surface area contributed by atoms with Gasteiger partial charge in [-0.05, 0) is 30.3 Å². The zero-order valence-electron chi connectivity index (χ0n) is 12.2. The van der Waals surface area contributed by atoms with Gasteiger partial charge in [0.2, 0.25) is 0 Å². The van der Waals surface area contributed by atoms with E-state index in [-0.39, 0.29) is 5.78 Å². The Bertz CT molecular complexity index is 783. The van der Waals surface area contributed by atoms with Gasteiger partial charge in [0.25, 0.3) is 0 Å². The molecule has 1 aromatic heterocycles. The Morgan fingerprint density at radius 3 is 2.41 bits per heavy atom. The van der Waals surface area contributed by atoms with Crippen LogP contribution in [0.3, 0.4) is 0 Å². The summed E-state index contributed by atoms with van der Waals surface area (Å²) in [5.41, 5.74) is 2.80. The van der Waals surface area contributed by atoms with E-state index >= 15 is 0 Å². The highest BCUT2D eigenvalue weighted by Gasteiger charge is 2.16. The molecular formula is C19H15NO2. The Morgan fingerprint density at radius 2 is 1.73 bits per heavy atom. The Morgan fingerprint density at radius 1 is 0.955 bits per heavy atom. The SMILES string of the molecule is COc1ccc(-c2ccccn2)c(C(=O)c2ccccc2)c1. The number of ketones is 1. The number of methoxy groups -OCH3 is 1. The predicted molar refractivity (Wildman–Crippen MR) is 86.1 cm³/mol. The lowest BCUT2D eigenvalue weighted by Gasteiger charge is -2.10. The molecule has 0 spiro atoms. The molecule has 0 atom stereocenters. The van der Waals surface area contributed by atoms with Crippen molar-refractivity contribution in [3.8, 4) is 17.0 Å². The van der Waals surface area contributed by atoms with Gasteiger partial charge < -0.3 is 4.74 Å². The van der Waals surface area contributed by atoms with Crippen LogP contribution in [-0.4, -0.2) is 17.9 Å². The first-order valence-electron chi connectivity index (χ1n) is 6.99. The average Bonchev–Trinajstić information content (AvgIpc) is 2.62. The van der Waals surface area contributed by atoms with E-state index in [1.165, 1.54) is 0 Å². The second kappa shape index (κ2) is 6.22. The predicted octanol–water partition coefficient (Wildman–Crippen LogP) is 3.99. The van der Waals surface area contributed by atoms with Gasteiger partial charge in [-0.2, -0.15) is 0 Å². The number of hydrogen-bond acceptors (Lipinski definition) is 3. The minimum absolute atomic E-state index is 0.0415. The van der Waals surface area contributed by atoms with Crippen molar-refractivity contribution in [1.82, 2.24) is 4.98 Å². The van der Waals surface area contributed by atoms with Crippen LogP contribution in [0.5, 0.6) is 5.75 Å². The molecule has 1 heterocycles. The largest absolute Gasteiger partial charge is 0.497 e. The van der Waals surface area contributed by atoms with Gasteiger partial charge in [0.15, 0.2) is 5.78 Å². The molecular weight excluding hydrogens is 274 g/mol. The van der Waals surface area contributed by atoms with Crippen LogP contribution in [0.25, 0.3) is 11.3 Å². The molecule has 0 saturated heterocycles. The highest BCUT2D eigenvalue weighted by Crippen LogP contribution is 2.28. The van der Waals surface area contributed by atoms with Gasteiger partial charge in [0, 0.05) is 22.9 Å². The number of hydrogen-bond donors (Lipinski definition) is 0. The van der Waals surface area contributed by atoms with Crippen LogP contribution in [0.4, 0.5) is 0 Å². The molecule has 22 heavy (non-hydrogen) atoms. The Hall–Kier alpha value is -2.94. The molecule has 0 aliphatic heterocycles. The van der Waals surface area contributed by atoms with Crippen molar-refractivity contribution in [2.75, 3.05) is 7.11 Å². The molecule has 3 aromatic rings. The Balaban J connectivity index is 2.14. The third-order valence-electron chi connectivity index (χ3n) is 3.45. The van der Waals surface area contributed by atoms with E-state index in [9.17, 15) is 4.79 Å². The topological polar surface area (TPSA) is 39.2 Å². The molecule has 0 amide bonds. The fourth-order valence-corrected chi connectivity index (χ4v) is 2.33. The number of rotatable bonds is 4. The van der Waals surface area contributed by atoms with Gasteiger partial charge in [0.05, 0.1) is 12.8 Å². The van der Waals surface area contributed by atoms with Crippen molar-refractivity contribution in [2.45, 2.75) is 0 Å². The van der Waals surface area contributed by atoms with Crippen LogP contribution in [0.1, 0.15) is 15.9 Å². The third kappa shape index (κ3) is 2.74. The van der Waals surface area contributed by atoms with Crippen LogP contribution in [-0.2, 0) is 0 Å². The lowest BCUT2D eigenvalue weighted by Crippen LogP contribution is -2.04. The first-order valence-corrected chi connectivity index (χ1v) is 6.99. The zero-order chi connectivity index (χ0) is 15.4. The summed E-state index contributed by atoms with van der Waals surface area (Å²) in [6.07, 6.45) is 1.72. The maximum absolute atomic E-state index is 12.8.